The molecule has 2 aromatic rings. The number of benzene rings is 1. The molecule has 1 N–H and O–H groups in total. The average molecular weight is 327 g/mol. The Balaban J connectivity index is 1.42. The Bertz CT molecular complexity index is 601. The van der Waals surface area contributed by atoms with E-state index in [0.29, 0.717) is 6.04 Å². The number of aryl methyl sites for hydroxylation is 3. The number of hydrogen-bond donors (Lipinski definition) is 1. The summed E-state index contributed by atoms with van der Waals surface area (Å²) >= 11 is 0. The van der Waals surface area contributed by atoms with Gasteiger partial charge in [0.05, 0.1) is 0 Å². The number of rotatable bonds is 7. The Hall–Kier alpha value is -1.72. The molecule has 0 amide bonds. The molecule has 1 unspecified atom stereocenters. The molecule has 1 fully saturated rings. The molecule has 1 aromatic carbocycles. The maximum atomic E-state index is 4.66. The van der Waals surface area contributed by atoms with E-state index in [1.807, 2.05) is 0 Å². The van der Waals surface area contributed by atoms with Crippen LogP contribution in [0.5, 0.6) is 0 Å². The standard InChI is InChI=1S/C19H29N5/c1-16(24-14-12-23(2)13-15-24)8-10-18-20-19(22-21-18)11-9-17-6-4-3-5-7-17/h3-7,16H,8-15H2,1-2H3,(H,20,21,22). The van der Waals surface area contributed by atoms with Crippen molar-refractivity contribution in [3.63, 3.8) is 0 Å². The van der Waals surface area contributed by atoms with E-state index >= 15 is 0 Å². The van der Waals surface area contributed by atoms with Crippen LogP contribution >= 0.6 is 0 Å². The van der Waals surface area contributed by atoms with E-state index in [4.69, 9.17) is 0 Å². The molecule has 130 valence electrons. The first kappa shape index (κ1) is 17.1. The van der Waals surface area contributed by atoms with Crippen LogP contribution in [0.25, 0.3) is 0 Å². The molecule has 24 heavy (non-hydrogen) atoms. The summed E-state index contributed by atoms with van der Waals surface area (Å²) in [5, 5.41) is 7.49. The van der Waals surface area contributed by atoms with Crippen molar-refractivity contribution in [3.8, 4) is 0 Å². The number of aromatic nitrogens is 3. The van der Waals surface area contributed by atoms with Crippen molar-refractivity contribution in [3.05, 3.63) is 47.5 Å². The van der Waals surface area contributed by atoms with Gasteiger partial charge in [-0.2, -0.15) is 5.10 Å². The van der Waals surface area contributed by atoms with Gasteiger partial charge in [-0.1, -0.05) is 30.3 Å². The lowest BCUT2D eigenvalue weighted by atomic mass is 10.1. The van der Waals surface area contributed by atoms with Crippen molar-refractivity contribution >= 4 is 0 Å². The molecular weight excluding hydrogens is 298 g/mol. The van der Waals surface area contributed by atoms with Crippen LogP contribution in [0, 0.1) is 0 Å². The van der Waals surface area contributed by atoms with Crippen molar-refractivity contribution in [2.24, 2.45) is 0 Å². The number of nitrogens with zero attached hydrogens (tertiary/aromatic N) is 4. The molecule has 1 aliphatic rings. The average Bonchev–Trinajstić information content (AvgIpc) is 3.07. The van der Waals surface area contributed by atoms with E-state index in [1.54, 1.807) is 0 Å². The van der Waals surface area contributed by atoms with Gasteiger partial charge in [0.2, 0.25) is 0 Å². The summed E-state index contributed by atoms with van der Waals surface area (Å²) in [4.78, 5) is 9.65. The highest BCUT2D eigenvalue weighted by Gasteiger charge is 2.19. The zero-order valence-electron chi connectivity index (χ0n) is 14.9. The molecule has 5 heteroatoms. The number of hydrogen-bond acceptors (Lipinski definition) is 4. The van der Waals surface area contributed by atoms with Crippen molar-refractivity contribution in [1.29, 1.82) is 0 Å². The second-order valence-electron chi connectivity index (χ2n) is 6.91. The Morgan fingerprint density at radius 3 is 2.54 bits per heavy atom. The van der Waals surface area contributed by atoms with Crippen molar-refractivity contribution < 1.29 is 0 Å². The van der Waals surface area contributed by atoms with Crippen LogP contribution in [0.3, 0.4) is 0 Å². The van der Waals surface area contributed by atoms with Gasteiger partial charge in [0.1, 0.15) is 5.82 Å². The molecule has 0 bridgehead atoms. The summed E-state index contributed by atoms with van der Waals surface area (Å²) in [5.41, 5.74) is 1.34. The fraction of sp³-hybridized carbons (Fsp3) is 0.579. The zero-order chi connectivity index (χ0) is 16.8. The summed E-state index contributed by atoms with van der Waals surface area (Å²) in [6.07, 6.45) is 4.01. The fourth-order valence-electron chi connectivity index (χ4n) is 3.25. The normalized spacial score (nSPS) is 17.9. The molecule has 0 radical (unpaired) electrons. The van der Waals surface area contributed by atoms with E-state index in [-0.39, 0.29) is 0 Å². The third-order valence-electron chi connectivity index (χ3n) is 5.02. The van der Waals surface area contributed by atoms with E-state index in [9.17, 15) is 0 Å². The molecule has 0 spiro atoms. The van der Waals surface area contributed by atoms with Crippen molar-refractivity contribution in [1.82, 2.24) is 25.0 Å². The minimum atomic E-state index is 0.608. The number of likely N-dealkylation sites (N-methyl/N-ethyl adjacent to an activating group) is 1. The fourth-order valence-corrected chi connectivity index (χ4v) is 3.25. The first-order valence-corrected chi connectivity index (χ1v) is 9.07. The first-order chi connectivity index (χ1) is 11.7. The highest BCUT2D eigenvalue weighted by atomic mass is 15.3. The molecule has 1 aliphatic heterocycles. The molecule has 1 aromatic heterocycles. The van der Waals surface area contributed by atoms with Gasteiger partial charge in [-0.05, 0) is 32.4 Å². The van der Waals surface area contributed by atoms with Gasteiger partial charge < -0.3 is 4.90 Å². The van der Waals surface area contributed by atoms with Gasteiger partial charge in [0, 0.05) is 45.1 Å². The lowest BCUT2D eigenvalue weighted by Crippen LogP contribution is -2.48. The van der Waals surface area contributed by atoms with Crippen LogP contribution in [-0.4, -0.2) is 64.2 Å². The maximum absolute atomic E-state index is 4.66. The topological polar surface area (TPSA) is 48.1 Å². The summed E-state index contributed by atoms with van der Waals surface area (Å²) in [5.74, 6) is 1.96. The largest absolute Gasteiger partial charge is 0.304 e. The number of nitrogens with one attached hydrogen (secondary N) is 1. The predicted octanol–water partition coefficient (Wildman–Crippen LogP) is 2.16. The van der Waals surface area contributed by atoms with Crippen molar-refractivity contribution in [2.45, 2.75) is 38.6 Å². The molecule has 0 saturated carbocycles. The van der Waals surface area contributed by atoms with Gasteiger partial charge in [-0.3, -0.25) is 10.00 Å². The lowest BCUT2D eigenvalue weighted by molar-refractivity contribution is 0.114. The summed E-state index contributed by atoms with van der Waals surface area (Å²) in [7, 11) is 2.20. The van der Waals surface area contributed by atoms with Crippen LogP contribution < -0.4 is 0 Å². The highest BCUT2D eigenvalue weighted by molar-refractivity contribution is 5.15. The van der Waals surface area contributed by atoms with Crippen LogP contribution in [0.2, 0.25) is 0 Å². The van der Waals surface area contributed by atoms with Gasteiger partial charge >= 0.3 is 0 Å². The summed E-state index contributed by atoms with van der Waals surface area (Å²) in [6.45, 7) is 7.04. The lowest BCUT2D eigenvalue weighted by Gasteiger charge is -2.36. The Morgan fingerprint density at radius 1 is 1.04 bits per heavy atom. The maximum Gasteiger partial charge on any atom is 0.151 e. The quantitative estimate of drug-likeness (QED) is 0.846. The van der Waals surface area contributed by atoms with E-state index in [1.165, 1.54) is 31.7 Å². The third-order valence-corrected chi connectivity index (χ3v) is 5.02. The van der Waals surface area contributed by atoms with Crippen LogP contribution in [-0.2, 0) is 19.3 Å². The summed E-state index contributed by atoms with van der Waals surface area (Å²) < 4.78 is 0. The molecule has 0 aliphatic carbocycles. The Kier molecular flexibility index (Phi) is 5.99. The second-order valence-corrected chi connectivity index (χ2v) is 6.91. The smallest absolute Gasteiger partial charge is 0.151 e. The first-order valence-electron chi connectivity index (χ1n) is 9.07. The SMILES string of the molecule is CC(CCc1nc(CCc2ccccc2)n[nH]1)N1CCN(C)CC1. The van der Waals surface area contributed by atoms with Crippen LogP contribution in [0.15, 0.2) is 30.3 Å². The van der Waals surface area contributed by atoms with E-state index in [0.717, 1.165) is 37.3 Å². The van der Waals surface area contributed by atoms with Gasteiger partial charge in [0.25, 0.3) is 0 Å². The van der Waals surface area contributed by atoms with Crippen LogP contribution in [0.4, 0.5) is 0 Å². The van der Waals surface area contributed by atoms with Crippen molar-refractivity contribution in [2.75, 3.05) is 33.2 Å². The number of H-pyrrole nitrogens is 1. The Morgan fingerprint density at radius 2 is 1.79 bits per heavy atom. The molecule has 5 nitrogen and oxygen atoms in total. The molecule has 2 heterocycles. The molecule has 1 saturated heterocycles. The zero-order valence-corrected chi connectivity index (χ0v) is 14.9. The predicted molar refractivity (Wildman–Crippen MR) is 97.1 cm³/mol. The van der Waals surface area contributed by atoms with E-state index < -0.39 is 0 Å². The van der Waals surface area contributed by atoms with E-state index in [2.05, 4.69) is 69.3 Å². The third kappa shape index (κ3) is 4.89. The number of piperazine rings is 1. The molecule has 3 rings (SSSR count). The number of aromatic amines is 1. The minimum Gasteiger partial charge on any atom is -0.304 e. The van der Waals surface area contributed by atoms with Gasteiger partial charge in [0.15, 0.2) is 5.82 Å². The second kappa shape index (κ2) is 8.40. The van der Waals surface area contributed by atoms with Gasteiger partial charge in [-0.25, -0.2) is 4.98 Å². The molecule has 1 atom stereocenters. The summed E-state index contributed by atoms with van der Waals surface area (Å²) in [6, 6.07) is 11.1. The monoisotopic (exact) mass is 327 g/mol. The molecular formula is C19H29N5. The Labute approximate surface area is 145 Å². The highest BCUT2D eigenvalue weighted by Crippen LogP contribution is 2.11. The minimum absolute atomic E-state index is 0.608. The van der Waals surface area contributed by atoms with Crippen LogP contribution in [0.1, 0.15) is 30.6 Å². The van der Waals surface area contributed by atoms with Gasteiger partial charge in [-0.15, -0.1) is 0 Å².